The largest absolute Gasteiger partial charge is 0.365 e. The number of nitrogens with zero attached hydrogens (tertiary/aromatic N) is 4. The summed E-state index contributed by atoms with van der Waals surface area (Å²) in [6.07, 6.45) is 0. The molecule has 0 aliphatic rings. The maximum atomic E-state index is 11.2. The van der Waals surface area contributed by atoms with E-state index >= 15 is 0 Å². The average Bonchev–Trinajstić information content (AvgIpc) is 2.54. The molecular weight excluding hydrogens is 280 g/mol. The Morgan fingerprint density at radius 2 is 1.73 bits per heavy atom. The molecule has 2 rings (SSSR count). The lowest BCUT2D eigenvalue weighted by Gasteiger charge is -2.19. The lowest BCUT2D eigenvalue weighted by Crippen LogP contribution is -2.18. The third-order valence-corrected chi connectivity index (χ3v) is 3.23. The Bertz CT molecular complexity index is 788. The molecule has 0 amide bonds. The highest BCUT2D eigenvalue weighted by Gasteiger charge is 2.21. The van der Waals surface area contributed by atoms with Gasteiger partial charge in [0.2, 0.25) is 0 Å². The first kappa shape index (κ1) is 15.0. The van der Waals surface area contributed by atoms with Gasteiger partial charge in [-0.2, -0.15) is 10.5 Å². The molecule has 0 aliphatic carbocycles. The molecular formula is C16H12N4O2. The van der Waals surface area contributed by atoms with Gasteiger partial charge in [-0.15, -0.1) is 0 Å². The molecule has 0 saturated carbocycles. The molecule has 2 aromatic carbocycles. The normalized spacial score (nSPS) is 9.59. The Balaban J connectivity index is 2.47. The van der Waals surface area contributed by atoms with Gasteiger partial charge in [0.15, 0.2) is 0 Å². The van der Waals surface area contributed by atoms with Gasteiger partial charge in [0.25, 0.3) is 5.69 Å². The zero-order valence-corrected chi connectivity index (χ0v) is 11.9. The molecule has 0 unspecified atom stereocenters. The van der Waals surface area contributed by atoms with Crippen LogP contribution in [0.2, 0.25) is 0 Å². The van der Waals surface area contributed by atoms with Crippen molar-refractivity contribution in [3.8, 4) is 12.1 Å². The van der Waals surface area contributed by atoms with Crippen molar-refractivity contribution < 1.29 is 4.92 Å². The molecule has 0 atom stereocenters. The molecule has 0 aliphatic heterocycles. The van der Waals surface area contributed by atoms with Gasteiger partial charge in [0.1, 0.15) is 17.8 Å². The molecule has 0 saturated heterocycles. The number of hydrogen-bond donors (Lipinski definition) is 0. The number of hydrogen-bond acceptors (Lipinski definition) is 5. The standard InChI is InChI=1S/C16H12N4O2/c1-19(11-12-5-3-2-4-6-12)15-7-13(9-17)14(10-18)8-16(15)20(21)22/h2-8H,11H2,1H3. The van der Waals surface area contributed by atoms with Crippen LogP contribution in [0.3, 0.4) is 0 Å². The molecule has 6 nitrogen and oxygen atoms in total. The minimum Gasteiger partial charge on any atom is -0.365 e. The van der Waals surface area contributed by atoms with Crippen LogP contribution in [0.1, 0.15) is 16.7 Å². The highest BCUT2D eigenvalue weighted by atomic mass is 16.6. The number of nitro benzene ring substituents is 1. The third kappa shape index (κ3) is 3.02. The topological polar surface area (TPSA) is 94.0 Å². The van der Waals surface area contributed by atoms with Crippen LogP contribution in [-0.4, -0.2) is 12.0 Å². The molecule has 0 spiro atoms. The van der Waals surface area contributed by atoms with Crippen molar-refractivity contribution >= 4 is 11.4 Å². The number of nitriles is 2. The fraction of sp³-hybridized carbons (Fsp3) is 0.125. The lowest BCUT2D eigenvalue weighted by molar-refractivity contribution is -0.384. The van der Waals surface area contributed by atoms with E-state index < -0.39 is 4.92 Å². The van der Waals surface area contributed by atoms with E-state index in [0.717, 1.165) is 11.6 Å². The Morgan fingerprint density at radius 3 is 2.27 bits per heavy atom. The van der Waals surface area contributed by atoms with Crippen LogP contribution in [0.25, 0.3) is 0 Å². The second kappa shape index (κ2) is 6.38. The number of rotatable bonds is 4. The summed E-state index contributed by atoms with van der Waals surface area (Å²) < 4.78 is 0. The first-order chi connectivity index (χ1) is 10.6. The van der Waals surface area contributed by atoms with Gasteiger partial charge in [-0.1, -0.05) is 30.3 Å². The SMILES string of the molecule is CN(Cc1ccccc1)c1cc(C#N)c(C#N)cc1[N+](=O)[O-]. The average molecular weight is 292 g/mol. The predicted molar refractivity (Wildman–Crippen MR) is 81.1 cm³/mol. The highest BCUT2D eigenvalue weighted by Crippen LogP contribution is 2.31. The first-order valence-corrected chi connectivity index (χ1v) is 6.44. The maximum absolute atomic E-state index is 11.2. The van der Waals surface area contributed by atoms with E-state index in [1.807, 2.05) is 42.5 Å². The van der Waals surface area contributed by atoms with Crippen LogP contribution in [0.4, 0.5) is 11.4 Å². The molecule has 0 fully saturated rings. The molecule has 108 valence electrons. The van der Waals surface area contributed by atoms with Crippen LogP contribution in [0.15, 0.2) is 42.5 Å². The van der Waals surface area contributed by atoms with Gasteiger partial charge in [0, 0.05) is 19.7 Å². The summed E-state index contributed by atoms with van der Waals surface area (Å²) in [5.41, 5.74) is 1.25. The Kier molecular flexibility index (Phi) is 4.36. The number of anilines is 1. The smallest absolute Gasteiger partial charge is 0.293 e. The van der Waals surface area contributed by atoms with E-state index in [1.54, 1.807) is 11.9 Å². The molecule has 0 heterocycles. The monoisotopic (exact) mass is 292 g/mol. The minimum atomic E-state index is -0.543. The van der Waals surface area contributed by atoms with Crippen molar-refractivity contribution in [1.29, 1.82) is 10.5 Å². The van der Waals surface area contributed by atoms with Crippen molar-refractivity contribution in [2.24, 2.45) is 0 Å². The summed E-state index contributed by atoms with van der Waals surface area (Å²) in [5.74, 6) is 0. The summed E-state index contributed by atoms with van der Waals surface area (Å²) >= 11 is 0. The van der Waals surface area contributed by atoms with Gasteiger partial charge >= 0.3 is 0 Å². The van der Waals surface area contributed by atoms with E-state index in [4.69, 9.17) is 10.5 Å². The maximum Gasteiger partial charge on any atom is 0.293 e. The highest BCUT2D eigenvalue weighted by molar-refractivity contribution is 5.69. The van der Waals surface area contributed by atoms with Gasteiger partial charge in [-0.05, 0) is 11.6 Å². The van der Waals surface area contributed by atoms with Crippen LogP contribution in [0, 0.1) is 32.8 Å². The quantitative estimate of drug-likeness (QED) is 0.637. The molecule has 6 heteroatoms. The van der Waals surface area contributed by atoms with Gasteiger partial charge in [-0.25, -0.2) is 0 Å². The zero-order chi connectivity index (χ0) is 16.1. The second-order valence-corrected chi connectivity index (χ2v) is 4.71. The second-order valence-electron chi connectivity index (χ2n) is 4.71. The predicted octanol–water partition coefficient (Wildman–Crippen LogP) is 2.97. The molecule has 0 aromatic heterocycles. The van der Waals surface area contributed by atoms with E-state index in [9.17, 15) is 10.1 Å². The Labute approximate surface area is 127 Å². The lowest BCUT2D eigenvalue weighted by atomic mass is 10.1. The van der Waals surface area contributed by atoms with Crippen LogP contribution >= 0.6 is 0 Å². The van der Waals surface area contributed by atoms with E-state index in [-0.39, 0.29) is 16.8 Å². The van der Waals surface area contributed by atoms with Gasteiger partial charge < -0.3 is 4.90 Å². The summed E-state index contributed by atoms with van der Waals surface area (Å²) in [6, 6.07) is 15.7. The number of benzene rings is 2. The Hall–Kier alpha value is -3.38. The number of nitro groups is 1. The Morgan fingerprint density at radius 1 is 1.14 bits per heavy atom. The summed E-state index contributed by atoms with van der Waals surface area (Å²) in [5, 5.41) is 29.3. The summed E-state index contributed by atoms with van der Waals surface area (Å²) in [6.45, 7) is 0.457. The van der Waals surface area contributed by atoms with Crippen molar-refractivity contribution in [2.75, 3.05) is 11.9 Å². The van der Waals surface area contributed by atoms with Crippen LogP contribution < -0.4 is 4.90 Å². The van der Waals surface area contributed by atoms with E-state index in [0.29, 0.717) is 12.2 Å². The van der Waals surface area contributed by atoms with Crippen molar-refractivity contribution in [2.45, 2.75) is 6.54 Å². The van der Waals surface area contributed by atoms with E-state index in [1.165, 1.54) is 6.07 Å². The van der Waals surface area contributed by atoms with Gasteiger partial charge in [0.05, 0.1) is 16.1 Å². The zero-order valence-electron chi connectivity index (χ0n) is 11.9. The van der Waals surface area contributed by atoms with Crippen LogP contribution in [0.5, 0.6) is 0 Å². The molecule has 0 bridgehead atoms. The fourth-order valence-electron chi connectivity index (χ4n) is 2.16. The van der Waals surface area contributed by atoms with Gasteiger partial charge in [-0.3, -0.25) is 10.1 Å². The van der Waals surface area contributed by atoms with Crippen molar-refractivity contribution in [3.05, 3.63) is 69.3 Å². The molecule has 0 radical (unpaired) electrons. The first-order valence-electron chi connectivity index (χ1n) is 6.44. The third-order valence-electron chi connectivity index (χ3n) is 3.23. The van der Waals surface area contributed by atoms with Crippen molar-refractivity contribution in [1.82, 2.24) is 0 Å². The fourth-order valence-corrected chi connectivity index (χ4v) is 2.16. The van der Waals surface area contributed by atoms with Crippen LogP contribution in [-0.2, 0) is 6.54 Å². The minimum absolute atomic E-state index is 0.00561. The van der Waals surface area contributed by atoms with Crippen molar-refractivity contribution in [3.63, 3.8) is 0 Å². The summed E-state index contributed by atoms with van der Waals surface area (Å²) in [7, 11) is 1.71. The summed E-state index contributed by atoms with van der Waals surface area (Å²) in [4.78, 5) is 12.4. The molecule has 2 aromatic rings. The molecule has 22 heavy (non-hydrogen) atoms. The van der Waals surface area contributed by atoms with E-state index in [2.05, 4.69) is 0 Å². The molecule has 0 N–H and O–H groups in total.